The van der Waals surface area contributed by atoms with Gasteiger partial charge in [0.25, 0.3) is 0 Å². The zero-order valence-corrected chi connectivity index (χ0v) is 14.9. The molecular weight excluding hydrogens is 338 g/mol. The smallest absolute Gasteiger partial charge is 0.327 e. The largest absolute Gasteiger partial charge is 0.367 e. The number of pyridine rings is 2. The summed E-state index contributed by atoms with van der Waals surface area (Å²) >= 11 is 0. The number of aromatic nitrogens is 4. The minimum absolute atomic E-state index is 0.0590. The molecule has 5 rings (SSSR count). The van der Waals surface area contributed by atoms with Gasteiger partial charge in [0.15, 0.2) is 5.65 Å². The normalized spacial score (nSPS) is 20.1. The number of imidazole rings is 1. The molecular formula is C21H21N5O. The number of fused-ring (bicyclic) bond motifs is 2. The molecule has 3 heterocycles. The number of aromatic amines is 1. The van der Waals surface area contributed by atoms with Gasteiger partial charge < -0.3 is 10.3 Å². The molecule has 1 aliphatic carbocycles. The van der Waals surface area contributed by atoms with Gasteiger partial charge in [-0.25, -0.2) is 14.8 Å². The van der Waals surface area contributed by atoms with Crippen molar-refractivity contribution in [3.05, 3.63) is 65.2 Å². The van der Waals surface area contributed by atoms with Crippen LogP contribution in [0.1, 0.15) is 31.7 Å². The third kappa shape index (κ3) is 2.97. The van der Waals surface area contributed by atoms with E-state index in [1.807, 2.05) is 41.0 Å². The Morgan fingerprint density at radius 3 is 2.74 bits per heavy atom. The Hall–Kier alpha value is -3.15. The fraction of sp³-hybridized carbons (Fsp3) is 0.286. The van der Waals surface area contributed by atoms with Crippen molar-refractivity contribution in [3.63, 3.8) is 0 Å². The average Bonchev–Trinajstić information content (AvgIpc) is 3.04. The minimum atomic E-state index is -0.0590. The van der Waals surface area contributed by atoms with Gasteiger partial charge in [0.05, 0.1) is 11.0 Å². The molecule has 1 aliphatic rings. The van der Waals surface area contributed by atoms with Gasteiger partial charge in [-0.1, -0.05) is 18.2 Å². The lowest BCUT2D eigenvalue weighted by Gasteiger charge is -2.30. The summed E-state index contributed by atoms with van der Waals surface area (Å²) < 4.78 is 1.83. The van der Waals surface area contributed by atoms with E-state index in [4.69, 9.17) is 4.98 Å². The predicted octanol–water partition coefficient (Wildman–Crippen LogP) is 3.87. The SMILES string of the molecule is O=c1[nH]c2cccnc2n1C1CCC(Nc2ccc3ccccc3n2)CC1. The second-order valence-electron chi connectivity index (χ2n) is 7.21. The number of hydrogen-bond donors (Lipinski definition) is 2. The van der Waals surface area contributed by atoms with Crippen LogP contribution in [-0.4, -0.2) is 25.6 Å². The van der Waals surface area contributed by atoms with Crippen molar-refractivity contribution in [1.29, 1.82) is 0 Å². The summed E-state index contributed by atoms with van der Waals surface area (Å²) in [5.41, 5.74) is 2.52. The number of anilines is 1. The Morgan fingerprint density at radius 1 is 1.00 bits per heavy atom. The topological polar surface area (TPSA) is 75.6 Å². The molecule has 0 atom stereocenters. The van der Waals surface area contributed by atoms with Crippen LogP contribution in [0.25, 0.3) is 22.1 Å². The number of nitrogens with zero attached hydrogens (tertiary/aromatic N) is 3. The number of nitrogens with one attached hydrogen (secondary N) is 2. The fourth-order valence-corrected chi connectivity index (χ4v) is 4.13. The van der Waals surface area contributed by atoms with E-state index in [1.54, 1.807) is 6.20 Å². The molecule has 0 unspecified atom stereocenters. The van der Waals surface area contributed by atoms with E-state index in [1.165, 1.54) is 0 Å². The Labute approximate surface area is 156 Å². The van der Waals surface area contributed by atoms with Crippen LogP contribution in [0.2, 0.25) is 0 Å². The van der Waals surface area contributed by atoms with Crippen molar-refractivity contribution >= 4 is 27.9 Å². The lowest BCUT2D eigenvalue weighted by molar-refractivity contribution is 0.333. The number of hydrogen-bond acceptors (Lipinski definition) is 4. The number of H-pyrrole nitrogens is 1. The second-order valence-corrected chi connectivity index (χ2v) is 7.21. The molecule has 1 fully saturated rings. The standard InChI is InChI=1S/C21H21N5O/c27-21-25-18-6-3-13-22-20(18)26(21)16-10-8-15(9-11-16)23-19-12-7-14-4-1-2-5-17(14)24-19/h1-7,12-13,15-16H,8-11H2,(H,23,24)(H,25,27). The van der Waals surface area contributed by atoms with Crippen molar-refractivity contribution < 1.29 is 0 Å². The maximum absolute atomic E-state index is 12.4. The Kier molecular flexibility index (Phi) is 3.89. The highest BCUT2D eigenvalue weighted by atomic mass is 16.1. The summed E-state index contributed by atoms with van der Waals surface area (Å²) in [4.78, 5) is 24.4. The molecule has 0 aliphatic heterocycles. The maximum Gasteiger partial charge on any atom is 0.327 e. The first-order chi connectivity index (χ1) is 13.3. The Bertz CT molecular complexity index is 1150. The van der Waals surface area contributed by atoms with E-state index in [0.717, 1.165) is 53.6 Å². The first-order valence-electron chi connectivity index (χ1n) is 9.45. The fourth-order valence-electron chi connectivity index (χ4n) is 4.13. The summed E-state index contributed by atoms with van der Waals surface area (Å²) in [7, 11) is 0. The number of benzene rings is 1. The number of rotatable bonds is 3. The molecule has 136 valence electrons. The summed E-state index contributed by atoms with van der Waals surface area (Å²) in [6, 6.07) is 16.6. The van der Waals surface area contributed by atoms with Crippen molar-refractivity contribution in [3.8, 4) is 0 Å². The van der Waals surface area contributed by atoms with Gasteiger partial charge >= 0.3 is 5.69 Å². The highest BCUT2D eigenvalue weighted by molar-refractivity contribution is 5.80. The maximum atomic E-state index is 12.4. The van der Waals surface area contributed by atoms with E-state index in [9.17, 15) is 4.79 Å². The van der Waals surface area contributed by atoms with Gasteiger partial charge in [0.2, 0.25) is 0 Å². The molecule has 1 aromatic carbocycles. The van der Waals surface area contributed by atoms with Crippen LogP contribution in [0, 0.1) is 0 Å². The lowest BCUT2D eigenvalue weighted by atomic mass is 9.91. The molecule has 2 N–H and O–H groups in total. The first kappa shape index (κ1) is 16.1. The summed E-state index contributed by atoms with van der Waals surface area (Å²) in [6.45, 7) is 0. The zero-order chi connectivity index (χ0) is 18.2. The van der Waals surface area contributed by atoms with E-state index in [0.29, 0.717) is 6.04 Å². The number of para-hydroxylation sites is 1. The van der Waals surface area contributed by atoms with Crippen LogP contribution in [0.3, 0.4) is 0 Å². The molecule has 3 aromatic heterocycles. The molecule has 0 amide bonds. The highest BCUT2D eigenvalue weighted by Gasteiger charge is 2.25. The van der Waals surface area contributed by atoms with Gasteiger partial charge in [-0.3, -0.25) is 4.57 Å². The van der Waals surface area contributed by atoms with Crippen molar-refractivity contribution in [2.75, 3.05) is 5.32 Å². The Balaban J connectivity index is 1.31. The van der Waals surface area contributed by atoms with Gasteiger partial charge in [-0.05, 0) is 56.0 Å². The summed E-state index contributed by atoms with van der Waals surface area (Å²) in [6.07, 6.45) is 5.66. The van der Waals surface area contributed by atoms with Crippen LogP contribution in [0.5, 0.6) is 0 Å². The van der Waals surface area contributed by atoms with E-state index in [-0.39, 0.29) is 11.7 Å². The van der Waals surface area contributed by atoms with Crippen LogP contribution in [0.4, 0.5) is 5.82 Å². The molecule has 0 saturated heterocycles. The van der Waals surface area contributed by atoms with Gasteiger partial charge in [-0.15, -0.1) is 0 Å². The molecule has 0 bridgehead atoms. The molecule has 0 radical (unpaired) electrons. The van der Waals surface area contributed by atoms with Crippen LogP contribution in [-0.2, 0) is 0 Å². The third-order valence-electron chi connectivity index (χ3n) is 5.49. The molecule has 6 heteroatoms. The lowest BCUT2D eigenvalue weighted by Crippen LogP contribution is -2.31. The van der Waals surface area contributed by atoms with Gasteiger partial charge in [0.1, 0.15) is 5.82 Å². The monoisotopic (exact) mass is 359 g/mol. The van der Waals surface area contributed by atoms with Crippen molar-refractivity contribution in [1.82, 2.24) is 19.5 Å². The van der Waals surface area contributed by atoms with Gasteiger partial charge in [0, 0.05) is 23.7 Å². The Morgan fingerprint density at radius 2 is 1.85 bits per heavy atom. The van der Waals surface area contributed by atoms with E-state index >= 15 is 0 Å². The van der Waals surface area contributed by atoms with Gasteiger partial charge in [-0.2, -0.15) is 0 Å². The second kappa shape index (κ2) is 6.54. The zero-order valence-electron chi connectivity index (χ0n) is 14.9. The molecule has 6 nitrogen and oxygen atoms in total. The quantitative estimate of drug-likeness (QED) is 0.582. The van der Waals surface area contributed by atoms with Crippen molar-refractivity contribution in [2.45, 2.75) is 37.8 Å². The molecule has 4 aromatic rings. The summed E-state index contributed by atoms with van der Waals surface area (Å²) in [5, 5.41) is 4.72. The van der Waals surface area contributed by atoms with E-state index < -0.39 is 0 Å². The third-order valence-corrected chi connectivity index (χ3v) is 5.49. The average molecular weight is 359 g/mol. The highest BCUT2D eigenvalue weighted by Crippen LogP contribution is 2.30. The minimum Gasteiger partial charge on any atom is -0.367 e. The molecule has 1 saturated carbocycles. The van der Waals surface area contributed by atoms with Crippen LogP contribution >= 0.6 is 0 Å². The van der Waals surface area contributed by atoms with E-state index in [2.05, 4.69) is 27.4 Å². The molecule has 27 heavy (non-hydrogen) atoms. The predicted molar refractivity (Wildman–Crippen MR) is 107 cm³/mol. The van der Waals surface area contributed by atoms with Crippen molar-refractivity contribution in [2.24, 2.45) is 0 Å². The summed E-state index contributed by atoms with van der Waals surface area (Å²) in [5.74, 6) is 0.920. The van der Waals surface area contributed by atoms with Crippen LogP contribution < -0.4 is 11.0 Å². The molecule has 0 spiro atoms. The van der Waals surface area contributed by atoms with Crippen LogP contribution in [0.15, 0.2) is 59.5 Å². The first-order valence-corrected chi connectivity index (χ1v) is 9.45.